The van der Waals surface area contributed by atoms with Crippen molar-refractivity contribution in [2.24, 2.45) is 0 Å². The quantitative estimate of drug-likeness (QED) is 0.411. The van der Waals surface area contributed by atoms with Crippen molar-refractivity contribution in [3.8, 4) is 5.75 Å². The Labute approximate surface area is 187 Å². The van der Waals surface area contributed by atoms with E-state index in [2.05, 4.69) is 25.4 Å². The number of nitrogens with one attached hydrogen (secondary N) is 1. The molecule has 0 unspecified atom stereocenters. The van der Waals surface area contributed by atoms with Crippen molar-refractivity contribution < 1.29 is 26.3 Å². The predicted octanol–water partition coefficient (Wildman–Crippen LogP) is 5.85. The molecule has 31 heavy (non-hydrogen) atoms. The smallest absolute Gasteiger partial charge is 0.404 e. The summed E-state index contributed by atoms with van der Waals surface area (Å²) >= 11 is 3.03. The van der Waals surface area contributed by atoms with Crippen molar-refractivity contribution in [1.82, 2.24) is 4.72 Å². The van der Waals surface area contributed by atoms with Crippen molar-refractivity contribution in [3.63, 3.8) is 0 Å². The van der Waals surface area contributed by atoms with Crippen LogP contribution in [0.4, 0.5) is 13.2 Å². The molecule has 0 bridgehead atoms. The average molecular weight is 514 g/mol. The molecule has 0 saturated carbocycles. The van der Waals surface area contributed by atoms with E-state index in [1.165, 1.54) is 6.07 Å². The maximum atomic E-state index is 12.7. The van der Waals surface area contributed by atoms with Gasteiger partial charge in [-0.1, -0.05) is 76.6 Å². The fourth-order valence-electron chi connectivity index (χ4n) is 3.22. The molecule has 3 aromatic carbocycles. The Bertz CT molecular complexity index is 1070. The van der Waals surface area contributed by atoms with E-state index in [0.29, 0.717) is 6.42 Å². The largest absolute Gasteiger partial charge is 0.573 e. The third-order valence-corrected chi connectivity index (χ3v) is 6.54. The Kier molecular flexibility index (Phi) is 7.40. The molecular formula is C22H19BrF3NO3S. The fourth-order valence-corrected chi connectivity index (χ4v) is 4.72. The standard InChI is InChI=1S/C22H19BrF3NO3S/c23-18-11-12-21(20(15-18)30-22(24,25)26)31(28,29)27-14-13-19(16-7-3-1-4-8-16)17-9-5-2-6-10-17/h1-12,15,19,27H,13-14H2. The highest BCUT2D eigenvalue weighted by Crippen LogP contribution is 2.33. The van der Waals surface area contributed by atoms with Crippen LogP contribution < -0.4 is 9.46 Å². The first-order chi connectivity index (χ1) is 14.7. The van der Waals surface area contributed by atoms with Gasteiger partial charge in [0.15, 0.2) is 5.75 Å². The van der Waals surface area contributed by atoms with Gasteiger partial charge in [-0.05, 0) is 35.7 Å². The fraction of sp³-hybridized carbons (Fsp3) is 0.182. The number of halogens is 4. The van der Waals surface area contributed by atoms with Gasteiger partial charge in [0.05, 0.1) is 0 Å². The molecule has 3 rings (SSSR count). The van der Waals surface area contributed by atoms with Gasteiger partial charge in [-0.15, -0.1) is 13.2 Å². The molecule has 0 aliphatic carbocycles. The third-order valence-electron chi connectivity index (χ3n) is 4.55. The zero-order valence-electron chi connectivity index (χ0n) is 16.1. The van der Waals surface area contributed by atoms with Crippen molar-refractivity contribution in [3.05, 3.63) is 94.5 Å². The second kappa shape index (κ2) is 9.84. The van der Waals surface area contributed by atoms with Crippen molar-refractivity contribution >= 4 is 26.0 Å². The van der Waals surface area contributed by atoms with Gasteiger partial charge in [0.1, 0.15) is 4.90 Å². The van der Waals surface area contributed by atoms with Crippen molar-refractivity contribution in [2.45, 2.75) is 23.6 Å². The van der Waals surface area contributed by atoms with Gasteiger partial charge in [0.25, 0.3) is 0 Å². The van der Waals surface area contributed by atoms with E-state index in [9.17, 15) is 21.6 Å². The monoisotopic (exact) mass is 513 g/mol. The first-order valence-electron chi connectivity index (χ1n) is 9.30. The highest BCUT2D eigenvalue weighted by Gasteiger charge is 2.34. The van der Waals surface area contributed by atoms with Crippen LogP contribution >= 0.6 is 15.9 Å². The number of rotatable bonds is 8. The van der Waals surface area contributed by atoms with Gasteiger partial charge in [-0.25, -0.2) is 13.1 Å². The molecule has 3 aromatic rings. The lowest BCUT2D eigenvalue weighted by molar-refractivity contribution is -0.275. The van der Waals surface area contributed by atoms with Crippen LogP contribution in [0, 0.1) is 0 Å². The van der Waals surface area contributed by atoms with E-state index in [-0.39, 0.29) is 16.9 Å². The maximum absolute atomic E-state index is 12.7. The molecule has 0 aliphatic heterocycles. The summed E-state index contributed by atoms with van der Waals surface area (Å²) in [6, 6.07) is 22.6. The number of hydrogen-bond acceptors (Lipinski definition) is 3. The molecule has 0 aromatic heterocycles. The molecule has 0 aliphatic rings. The van der Waals surface area contributed by atoms with Crippen molar-refractivity contribution in [1.29, 1.82) is 0 Å². The lowest BCUT2D eigenvalue weighted by Gasteiger charge is -2.19. The van der Waals surface area contributed by atoms with Gasteiger partial charge >= 0.3 is 6.36 Å². The van der Waals surface area contributed by atoms with E-state index in [1.807, 2.05) is 60.7 Å². The summed E-state index contributed by atoms with van der Waals surface area (Å²) in [5, 5.41) is 0. The summed E-state index contributed by atoms with van der Waals surface area (Å²) in [5.41, 5.74) is 2.02. The number of alkyl halides is 3. The Morgan fingerprint density at radius 2 is 1.45 bits per heavy atom. The van der Waals surface area contributed by atoms with Crippen LogP contribution in [-0.2, 0) is 10.0 Å². The Balaban J connectivity index is 1.80. The van der Waals surface area contributed by atoms with Crippen LogP contribution in [0.5, 0.6) is 5.75 Å². The minimum Gasteiger partial charge on any atom is -0.404 e. The van der Waals surface area contributed by atoms with E-state index >= 15 is 0 Å². The number of sulfonamides is 1. The highest BCUT2D eigenvalue weighted by atomic mass is 79.9. The molecule has 164 valence electrons. The number of hydrogen-bond donors (Lipinski definition) is 1. The van der Waals surface area contributed by atoms with Gasteiger partial charge in [0, 0.05) is 16.9 Å². The Morgan fingerprint density at radius 3 is 1.97 bits per heavy atom. The molecule has 0 amide bonds. The van der Waals surface area contributed by atoms with E-state index in [0.717, 1.165) is 23.3 Å². The number of benzene rings is 3. The molecule has 0 fully saturated rings. The molecule has 4 nitrogen and oxygen atoms in total. The third kappa shape index (κ3) is 6.56. The minimum absolute atomic E-state index is 0.0261. The van der Waals surface area contributed by atoms with Crippen LogP contribution in [0.1, 0.15) is 23.5 Å². The Morgan fingerprint density at radius 1 is 0.903 bits per heavy atom. The second-order valence-electron chi connectivity index (χ2n) is 6.70. The molecule has 0 spiro atoms. The molecule has 1 N–H and O–H groups in total. The first kappa shape index (κ1) is 23.3. The van der Waals surface area contributed by atoms with Crippen LogP contribution in [0.25, 0.3) is 0 Å². The molecule has 0 atom stereocenters. The van der Waals surface area contributed by atoms with Crippen LogP contribution in [0.15, 0.2) is 88.2 Å². The average Bonchev–Trinajstić information content (AvgIpc) is 2.71. The summed E-state index contributed by atoms with van der Waals surface area (Å²) in [6.07, 6.45) is -4.60. The zero-order valence-corrected chi connectivity index (χ0v) is 18.5. The van der Waals surface area contributed by atoms with Gasteiger partial charge < -0.3 is 4.74 Å². The summed E-state index contributed by atoms with van der Waals surface area (Å²) in [6.45, 7) is 0.0261. The molecule has 0 heterocycles. The Hall–Kier alpha value is -2.36. The number of ether oxygens (including phenoxy) is 1. The summed E-state index contributed by atoms with van der Waals surface area (Å²) in [5.74, 6) is -0.877. The van der Waals surface area contributed by atoms with Crippen LogP contribution in [0.3, 0.4) is 0 Å². The molecule has 0 radical (unpaired) electrons. The topological polar surface area (TPSA) is 55.4 Å². The van der Waals surface area contributed by atoms with Gasteiger partial charge in [0.2, 0.25) is 10.0 Å². The SMILES string of the molecule is O=S(=O)(NCCC(c1ccccc1)c1ccccc1)c1ccc(Br)cc1OC(F)(F)F. The van der Waals surface area contributed by atoms with E-state index in [1.54, 1.807) is 0 Å². The molecule has 0 saturated heterocycles. The van der Waals surface area contributed by atoms with Crippen LogP contribution in [-0.4, -0.2) is 21.3 Å². The molecular weight excluding hydrogens is 495 g/mol. The van der Waals surface area contributed by atoms with Gasteiger partial charge in [-0.3, -0.25) is 0 Å². The zero-order chi connectivity index (χ0) is 22.5. The van der Waals surface area contributed by atoms with Crippen molar-refractivity contribution in [2.75, 3.05) is 6.54 Å². The lowest BCUT2D eigenvalue weighted by atomic mass is 9.89. The van der Waals surface area contributed by atoms with E-state index in [4.69, 9.17) is 0 Å². The lowest BCUT2D eigenvalue weighted by Crippen LogP contribution is -2.27. The van der Waals surface area contributed by atoms with Gasteiger partial charge in [-0.2, -0.15) is 0 Å². The highest BCUT2D eigenvalue weighted by molar-refractivity contribution is 9.10. The summed E-state index contributed by atoms with van der Waals surface area (Å²) < 4.78 is 70.2. The normalized spacial score (nSPS) is 12.2. The summed E-state index contributed by atoms with van der Waals surface area (Å²) in [7, 11) is -4.24. The second-order valence-corrected chi connectivity index (χ2v) is 9.35. The minimum atomic E-state index is -5.02. The van der Waals surface area contributed by atoms with E-state index < -0.39 is 27.0 Å². The maximum Gasteiger partial charge on any atom is 0.573 e. The first-order valence-corrected chi connectivity index (χ1v) is 11.6. The summed E-state index contributed by atoms with van der Waals surface area (Å²) in [4.78, 5) is -0.580. The van der Waals surface area contributed by atoms with Crippen LogP contribution in [0.2, 0.25) is 0 Å². The molecule has 9 heteroatoms. The predicted molar refractivity (Wildman–Crippen MR) is 115 cm³/mol.